The van der Waals surface area contributed by atoms with E-state index in [-0.39, 0.29) is 30.8 Å². The minimum Gasteiger partial charge on any atom is -0.469 e. The highest BCUT2D eigenvalue weighted by Gasteiger charge is 2.34. The number of ether oxygens (including phenoxy) is 1. The molecule has 0 aliphatic heterocycles. The van der Waals surface area contributed by atoms with Crippen LogP contribution in [0.1, 0.15) is 25.7 Å². The summed E-state index contributed by atoms with van der Waals surface area (Å²) in [5.74, 6) is -0.212. The van der Waals surface area contributed by atoms with Crippen molar-refractivity contribution in [2.75, 3.05) is 13.7 Å². The number of rotatable bonds is 2. The first kappa shape index (κ1) is 13.7. The topological polar surface area (TPSA) is 72.5 Å². The van der Waals surface area contributed by atoms with Gasteiger partial charge in [-0.2, -0.15) is 0 Å². The Morgan fingerprint density at radius 1 is 1.57 bits per heavy atom. The minimum absolute atomic E-state index is 0. The molecule has 3 N–H and O–H groups in total. The summed E-state index contributed by atoms with van der Waals surface area (Å²) in [6, 6.07) is 0. The van der Waals surface area contributed by atoms with E-state index in [0.29, 0.717) is 25.7 Å². The minimum atomic E-state index is -0.746. The van der Waals surface area contributed by atoms with Gasteiger partial charge < -0.3 is 15.6 Å². The quantitative estimate of drug-likeness (QED) is 0.668. The average Bonchev–Trinajstić information content (AvgIpc) is 2.18. The zero-order valence-electron chi connectivity index (χ0n) is 8.36. The fraction of sp³-hybridized carbons (Fsp3) is 0.889. The van der Waals surface area contributed by atoms with E-state index in [9.17, 15) is 9.90 Å². The highest BCUT2D eigenvalue weighted by molar-refractivity contribution is 5.85. The van der Waals surface area contributed by atoms with Crippen LogP contribution in [-0.2, 0) is 9.53 Å². The van der Waals surface area contributed by atoms with Crippen molar-refractivity contribution in [3.05, 3.63) is 0 Å². The Balaban J connectivity index is 0.00000169. The average molecular weight is 224 g/mol. The Morgan fingerprint density at radius 2 is 2.07 bits per heavy atom. The second-order valence-electron chi connectivity index (χ2n) is 3.73. The number of carbonyl (C=O) groups excluding carboxylic acids is 1. The number of methoxy groups -OCH3 is 1. The Morgan fingerprint density at radius 3 is 2.43 bits per heavy atom. The summed E-state index contributed by atoms with van der Waals surface area (Å²) in [5.41, 5.74) is 4.68. The van der Waals surface area contributed by atoms with E-state index in [1.54, 1.807) is 0 Å². The van der Waals surface area contributed by atoms with Gasteiger partial charge in [-0.3, -0.25) is 4.79 Å². The molecule has 1 rings (SSSR count). The molecule has 0 radical (unpaired) electrons. The lowest BCUT2D eigenvalue weighted by molar-refractivity contribution is -0.148. The van der Waals surface area contributed by atoms with Gasteiger partial charge in [0.25, 0.3) is 0 Å². The number of hydrogen-bond acceptors (Lipinski definition) is 4. The van der Waals surface area contributed by atoms with Crippen LogP contribution in [0.25, 0.3) is 0 Å². The molecule has 1 fully saturated rings. The number of hydrogen-bond donors (Lipinski definition) is 2. The molecule has 0 unspecified atom stereocenters. The first-order valence-electron chi connectivity index (χ1n) is 4.61. The summed E-state index contributed by atoms with van der Waals surface area (Å²) in [7, 11) is 1.39. The lowest BCUT2D eigenvalue weighted by atomic mass is 9.79. The lowest BCUT2D eigenvalue weighted by Crippen LogP contribution is -2.42. The van der Waals surface area contributed by atoms with Crippen LogP contribution >= 0.6 is 12.4 Å². The predicted octanol–water partition coefficient (Wildman–Crippen LogP) is 0.461. The van der Waals surface area contributed by atoms with Crippen LogP contribution in [0.2, 0.25) is 0 Å². The van der Waals surface area contributed by atoms with Gasteiger partial charge in [0, 0.05) is 6.54 Å². The zero-order chi connectivity index (χ0) is 9.90. The van der Waals surface area contributed by atoms with Gasteiger partial charge in [0.2, 0.25) is 0 Å². The molecule has 0 bridgehead atoms. The van der Waals surface area contributed by atoms with Gasteiger partial charge in [-0.1, -0.05) is 0 Å². The van der Waals surface area contributed by atoms with Gasteiger partial charge in [0.1, 0.15) is 0 Å². The van der Waals surface area contributed by atoms with Gasteiger partial charge in [0.05, 0.1) is 18.6 Å². The van der Waals surface area contributed by atoms with E-state index in [4.69, 9.17) is 5.73 Å². The summed E-state index contributed by atoms with van der Waals surface area (Å²) >= 11 is 0. The third-order valence-electron chi connectivity index (χ3n) is 2.83. The molecule has 0 aromatic heterocycles. The maximum absolute atomic E-state index is 11.1. The Labute approximate surface area is 90.2 Å². The highest BCUT2D eigenvalue weighted by Crippen LogP contribution is 2.31. The van der Waals surface area contributed by atoms with Crippen LogP contribution in [0.3, 0.4) is 0 Å². The molecule has 0 spiro atoms. The molecule has 0 amide bonds. The maximum atomic E-state index is 11.1. The molecule has 1 saturated carbocycles. The Hall–Kier alpha value is -0.320. The summed E-state index contributed by atoms with van der Waals surface area (Å²) in [6.07, 6.45) is 2.56. The van der Waals surface area contributed by atoms with Gasteiger partial charge in [-0.05, 0) is 25.7 Å². The van der Waals surface area contributed by atoms with E-state index in [0.717, 1.165) is 0 Å². The predicted molar refractivity (Wildman–Crippen MR) is 55.2 cm³/mol. The van der Waals surface area contributed by atoms with Crippen molar-refractivity contribution in [1.82, 2.24) is 0 Å². The van der Waals surface area contributed by atoms with Gasteiger partial charge in [-0.15, -0.1) is 12.4 Å². The molecule has 14 heavy (non-hydrogen) atoms. The van der Waals surface area contributed by atoms with E-state index in [2.05, 4.69) is 4.74 Å². The van der Waals surface area contributed by atoms with Crippen molar-refractivity contribution >= 4 is 18.4 Å². The molecule has 1 aliphatic carbocycles. The van der Waals surface area contributed by atoms with E-state index < -0.39 is 5.60 Å². The monoisotopic (exact) mass is 223 g/mol. The fourth-order valence-electron chi connectivity index (χ4n) is 1.76. The molecule has 0 saturated heterocycles. The summed E-state index contributed by atoms with van der Waals surface area (Å²) in [4.78, 5) is 11.1. The lowest BCUT2D eigenvalue weighted by Gasteiger charge is -2.33. The first-order valence-corrected chi connectivity index (χ1v) is 4.61. The largest absolute Gasteiger partial charge is 0.469 e. The number of halogens is 1. The summed E-state index contributed by atoms with van der Waals surface area (Å²) < 4.78 is 4.64. The number of aliphatic hydroxyl groups is 1. The molecule has 1 aliphatic rings. The summed E-state index contributed by atoms with van der Waals surface area (Å²) in [5, 5.41) is 9.78. The van der Waals surface area contributed by atoms with Crippen LogP contribution in [0.5, 0.6) is 0 Å². The van der Waals surface area contributed by atoms with Crippen LogP contribution in [0.15, 0.2) is 0 Å². The fourth-order valence-corrected chi connectivity index (χ4v) is 1.76. The normalized spacial score (nSPS) is 31.8. The molecular weight excluding hydrogens is 206 g/mol. The Bertz CT molecular complexity index is 190. The SMILES string of the molecule is COC(=O)C1CCC(O)(CN)CC1.Cl. The highest BCUT2D eigenvalue weighted by atomic mass is 35.5. The van der Waals surface area contributed by atoms with Crippen molar-refractivity contribution in [2.24, 2.45) is 11.7 Å². The zero-order valence-corrected chi connectivity index (χ0v) is 9.18. The standard InChI is InChI=1S/C9H17NO3.ClH/c1-13-8(11)7-2-4-9(12,6-10)5-3-7;/h7,12H,2-6,10H2,1H3;1H. The molecule has 4 nitrogen and oxygen atoms in total. The number of esters is 1. The van der Waals surface area contributed by atoms with Crippen LogP contribution < -0.4 is 5.73 Å². The summed E-state index contributed by atoms with van der Waals surface area (Å²) in [6.45, 7) is 0.279. The van der Waals surface area contributed by atoms with Crippen LogP contribution in [0, 0.1) is 5.92 Å². The second kappa shape index (κ2) is 5.53. The molecule has 0 atom stereocenters. The number of carbonyl (C=O) groups is 1. The van der Waals surface area contributed by atoms with Crippen molar-refractivity contribution in [3.63, 3.8) is 0 Å². The van der Waals surface area contributed by atoms with Crippen molar-refractivity contribution in [2.45, 2.75) is 31.3 Å². The third kappa shape index (κ3) is 3.12. The van der Waals surface area contributed by atoms with Gasteiger partial charge >= 0.3 is 5.97 Å². The Kier molecular flexibility index (Phi) is 5.41. The van der Waals surface area contributed by atoms with Crippen LogP contribution in [0.4, 0.5) is 0 Å². The molecule has 0 heterocycles. The first-order chi connectivity index (χ1) is 6.11. The molecule has 0 aromatic carbocycles. The van der Waals surface area contributed by atoms with Crippen molar-refractivity contribution in [1.29, 1.82) is 0 Å². The number of nitrogens with two attached hydrogens (primary N) is 1. The van der Waals surface area contributed by atoms with E-state index in [1.807, 2.05) is 0 Å². The van der Waals surface area contributed by atoms with E-state index in [1.165, 1.54) is 7.11 Å². The molecule has 5 heteroatoms. The van der Waals surface area contributed by atoms with Gasteiger partial charge in [-0.25, -0.2) is 0 Å². The molecule has 0 aromatic rings. The smallest absolute Gasteiger partial charge is 0.308 e. The van der Waals surface area contributed by atoms with Crippen LogP contribution in [-0.4, -0.2) is 30.3 Å². The molecular formula is C9H18ClNO3. The van der Waals surface area contributed by atoms with Gasteiger partial charge in [0.15, 0.2) is 0 Å². The second-order valence-corrected chi connectivity index (χ2v) is 3.73. The molecule has 84 valence electrons. The maximum Gasteiger partial charge on any atom is 0.308 e. The van der Waals surface area contributed by atoms with Crippen molar-refractivity contribution < 1.29 is 14.6 Å². The third-order valence-corrected chi connectivity index (χ3v) is 2.83. The van der Waals surface area contributed by atoms with Crippen molar-refractivity contribution in [3.8, 4) is 0 Å². The van der Waals surface area contributed by atoms with E-state index >= 15 is 0 Å².